The summed E-state index contributed by atoms with van der Waals surface area (Å²) >= 11 is 0. The number of allylic oxidation sites excluding steroid dienone is 1. The van der Waals surface area contributed by atoms with Crippen LogP contribution in [0.15, 0.2) is 54.6 Å². The van der Waals surface area contributed by atoms with E-state index < -0.39 is 0 Å². The molecule has 2 aromatic rings. The van der Waals surface area contributed by atoms with Crippen molar-refractivity contribution < 1.29 is 4.74 Å². The molecule has 1 aliphatic carbocycles. The third kappa shape index (κ3) is 5.24. The van der Waals surface area contributed by atoms with Gasteiger partial charge in [0.15, 0.2) is 0 Å². The zero-order valence-corrected chi connectivity index (χ0v) is 16.3. The topological polar surface area (TPSA) is 9.23 Å². The molecule has 0 radical (unpaired) electrons. The van der Waals surface area contributed by atoms with Crippen LogP contribution >= 0.6 is 0 Å². The standard InChI is InChI=1S/C25H32O/c1-3-5-6-17-26-25-16-15-23-18-22(13-14-24(23)19-25)12-11-21-9-7-20(4-2)8-10-21/h3,5,7-10,15-16,19,22H,4,6,11-14,17-18H2,1-2H3. The smallest absolute Gasteiger partial charge is 0.119 e. The molecular formula is C25H32O. The van der Waals surface area contributed by atoms with Crippen molar-refractivity contribution >= 4 is 0 Å². The second kappa shape index (κ2) is 9.62. The second-order valence-electron chi connectivity index (χ2n) is 7.45. The van der Waals surface area contributed by atoms with Crippen molar-refractivity contribution in [2.75, 3.05) is 6.61 Å². The van der Waals surface area contributed by atoms with E-state index >= 15 is 0 Å². The molecule has 0 heterocycles. The van der Waals surface area contributed by atoms with Gasteiger partial charge in [-0.25, -0.2) is 0 Å². The molecule has 1 atom stereocenters. The predicted molar refractivity (Wildman–Crippen MR) is 111 cm³/mol. The lowest BCUT2D eigenvalue weighted by Crippen LogP contribution is -2.15. The van der Waals surface area contributed by atoms with Crippen LogP contribution in [-0.2, 0) is 25.7 Å². The normalized spacial score (nSPS) is 16.6. The molecule has 0 N–H and O–H groups in total. The van der Waals surface area contributed by atoms with E-state index in [1.54, 1.807) is 0 Å². The third-order valence-corrected chi connectivity index (χ3v) is 5.57. The molecule has 1 heteroatoms. The van der Waals surface area contributed by atoms with E-state index in [0.29, 0.717) is 0 Å². The van der Waals surface area contributed by atoms with Crippen LogP contribution in [0.4, 0.5) is 0 Å². The molecule has 1 unspecified atom stereocenters. The van der Waals surface area contributed by atoms with Crippen LogP contribution in [0.25, 0.3) is 0 Å². The molecule has 0 fully saturated rings. The Balaban J connectivity index is 1.50. The van der Waals surface area contributed by atoms with Gasteiger partial charge < -0.3 is 4.74 Å². The molecule has 0 aromatic heterocycles. The summed E-state index contributed by atoms with van der Waals surface area (Å²) in [6.45, 7) is 5.03. The Hall–Kier alpha value is -2.02. The van der Waals surface area contributed by atoms with Crippen LogP contribution in [0, 0.1) is 5.92 Å². The molecule has 26 heavy (non-hydrogen) atoms. The lowest BCUT2D eigenvalue weighted by molar-refractivity contribution is 0.323. The average Bonchev–Trinajstić information content (AvgIpc) is 2.70. The maximum atomic E-state index is 5.87. The number of fused-ring (bicyclic) bond motifs is 1. The summed E-state index contributed by atoms with van der Waals surface area (Å²) in [4.78, 5) is 0. The summed E-state index contributed by atoms with van der Waals surface area (Å²) in [5, 5.41) is 0. The summed E-state index contributed by atoms with van der Waals surface area (Å²) < 4.78 is 5.87. The van der Waals surface area contributed by atoms with E-state index in [1.807, 2.05) is 0 Å². The molecular weight excluding hydrogens is 316 g/mol. The van der Waals surface area contributed by atoms with Gasteiger partial charge in [0, 0.05) is 0 Å². The highest BCUT2D eigenvalue weighted by atomic mass is 16.5. The molecule has 0 saturated heterocycles. The molecule has 2 aromatic carbocycles. The van der Waals surface area contributed by atoms with Crippen LogP contribution in [0.5, 0.6) is 5.75 Å². The number of rotatable bonds is 8. The Bertz CT molecular complexity index is 711. The fourth-order valence-corrected chi connectivity index (χ4v) is 3.87. The number of ether oxygens (including phenoxy) is 1. The highest BCUT2D eigenvalue weighted by Crippen LogP contribution is 2.31. The summed E-state index contributed by atoms with van der Waals surface area (Å²) in [6.07, 6.45) is 12.6. The van der Waals surface area contributed by atoms with Gasteiger partial charge in [-0.15, -0.1) is 0 Å². The Kier molecular flexibility index (Phi) is 6.94. The van der Waals surface area contributed by atoms with E-state index in [1.165, 1.54) is 54.4 Å². The first-order chi connectivity index (χ1) is 12.8. The lowest BCUT2D eigenvalue weighted by Gasteiger charge is -2.25. The Morgan fingerprint density at radius 1 is 1.04 bits per heavy atom. The van der Waals surface area contributed by atoms with Gasteiger partial charge in [0.05, 0.1) is 6.61 Å². The van der Waals surface area contributed by atoms with Crippen LogP contribution in [0.1, 0.15) is 55.4 Å². The third-order valence-electron chi connectivity index (χ3n) is 5.57. The van der Waals surface area contributed by atoms with Crippen LogP contribution in [0.2, 0.25) is 0 Å². The van der Waals surface area contributed by atoms with Crippen molar-refractivity contribution in [2.24, 2.45) is 5.92 Å². The van der Waals surface area contributed by atoms with Gasteiger partial charge >= 0.3 is 0 Å². The Morgan fingerprint density at radius 2 is 1.85 bits per heavy atom. The minimum atomic E-state index is 0.766. The van der Waals surface area contributed by atoms with E-state index in [4.69, 9.17) is 4.74 Å². The van der Waals surface area contributed by atoms with Crippen molar-refractivity contribution in [3.05, 3.63) is 76.9 Å². The van der Waals surface area contributed by atoms with Gasteiger partial charge in [-0.1, -0.05) is 49.4 Å². The van der Waals surface area contributed by atoms with Crippen molar-refractivity contribution in [3.8, 4) is 5.75 Å². The zero-order chi connectivity index (χ0) is 18.2. The maximum Gasteiger partial charge on any atom is 0.119 e. The van der Waals surface area contributed by atoms with Gasteiger partial charge in [0.1, 0.15) is 5.75 Å². The van der Waals surface area contributed by atoms with E-state index in [-0.39, 0.29) is 0 Å². The van der Waals surface area contributed by atoms with Crippen LogP contribution in [0.3, 0.4) is 0 Å². The highest BCUT2D eigenvalue weighted by molar-refractivity contribution is 5.37. The predicted octanol–water partition coefficient (Wildman–Crippen LogP) is 6.33. The molecule has 3 rings (SSSR count). The quantitative estimate of drug-likeness (QED) is 0.400. The van der Waals surface area contributed by atoms with Crippen LogP contribution in [-0.4, -0.2) is 6.61 Å². The molecule has 0 saturated carbocycles. The first-order valence-corrected chi connectivity index (χ1v) is 10.2. The fraction of sp³-hybridized carbons (Fsp3) is 0.440. The van der Waals surface area contributed by atoms with E-state index in [2.05, 4.69) is 68.5 Å². The number of benzene rings is 2. The van der Waals surface area contributed by atoms with E-state index in [0.717, 1.165) is 31.1 Å². The van der Waals surface area contributed by atoms with Crippen LogP contribution < -0.4 is 4.74 Å². The Labute approximate surface area is 159 Å². The molecule has 1 nitrogen and oxygen atoms in total. The minimum Gasteiger partial charge on any atom is -0.493 e. The minimum absolute atomic E-state index is 0.766. The molecule has 0 spiro atoms. The number of hydrogen-bond donors (Lipinski definition) is 0. The number of hydrogen-bond acceptors (Lipinski definition) is 1. The van der Waals surface area contributed by atoms with Gasteiger partial charge in [-0.3, -0.25) is 0 Å². The van der Waals surface area contributed by atoms with Gasteiger partial charge in [-0.05, 0) is 92.2 Å². The first-order valence-electron chi connectivity index (χ1n) is 10.2. The highest BCUT2D eigenvalue weighted by Gasteiger charge is 2.19. The molecule has 0 bridgehead atoms. The molecule has 138 valence electrons. The average molecular weight is 349 g/mol. The molecule has 0 aliphatic heterocycles. The second-order valence-corrected chi connectivity index (χ2v) is 7.45. The molecule has 1 aliphatic rings. The van der Waals surface area contributed by atoms with E-state index in [9.17, 15) is 0 Å². The van der Waals surface area contributed by atoms with Gasteiger partial charge in [-0.2, -0.15) is 0 Å². The number of aryl methyl sites for hydroxylation is 3. The fourth-order valence-electron chi connectivity index (χ4n) is 3.87. The van der Waals surface area contributed by atoms with Gasteiger partial charge in [0.25, 0.3) is 0 Å². The summed E-state index contributed by atoms with van der Waals surface area (Å²) in [7, 11) is 0. The summed E-state index contributed by atoms with van der Waals surface area (Å²) in [5.41, 5.74) is 5.95. The monoisotopic (exact) mass is 348 g/mol. The maximum absolute atomic E-state index is 5.87. The van der Waals surface area contributed by atoms with Crippen molar-refractivity contribution in [1.82, 2.24) is 0 Å². The first kappa shape index (κ1) is 18.8. The molecule has 0 amide bonds. The SMILES string of the molecule is CC=CCCOc1ccc2c(c1)CCC(CCc1ccc(CC)cc1)C2. The Morgan fingerprint density at radius 3 is 2.62 bits per heavy atom. The van der Waals surface area contributed by atoms with Crippen molar-refractivity contribution in [2.45, 2.75) is 58.8 Å². The largest absolute Gasteiger partial charge is 0.493 e. The van der Waals surface area contributed by atoms with Crippen molar-refractivity contribution in [1.29, 1.82) is 0 Å². The zero-order valence-electron chi connectivity index (χ0n) is 16.3. The van der Waals surface area contributed by atoms with Gasteiger partial charge in [0.2, 0.25) is 0 Å². The van der Waals surface area contributed by atoms with Crippen molar-refractivity contribution in [3.63, 3.8) is 0 Å². The summed E-state index contributed by atoms with van der Waals surface area (Å²) in [6, 6.07) is 15.9. The summed E-state index contributed by atoms with van der Waals surface area (Å²) in [5.74, 6) is 1.84. The lowest BCUT2D eigenvalue weighted by atomic mass is 9.81.